The van der Waals surface area contributed by atoms with Gasteiger partial charge in [0.25, 0.3) is 5.69 Å². The van der Waals surface area contributed by atoms with Crippen LogP contribution in [0.5, 0.6) is 0 Å². The molecule has 0 bridgehead atoms. The smallest absolute Gasteiger partial charge is 0.338 e. The van der Waals surface area contributed by atoms with Crippen molar-refractivity contribution < 1.29 is 19.2 Å². The molecule has 0 spiro atoms. The van der Waals surface area contributed by atoms with Crippen LogP contribution >= 0.6 is 34.7 Å². The molecule has 0 aliphatic rings. The van der Waals surface area contributed by atoms with Crippen LogP contribution in [0.4, 0.5) is 5.69 Å². The second-order valence-electron chi connectivity index (χ2n) is 4.25. The zero-order valence-electron chi connectivity index (χ0n) is 11.8. The summed E-state index contributed by atoms with van der Waals surface area (Å²) in [6.07, 6.45) is 1.70. The van der Waals surface area contributed by atoms with Crippen LogP contribution in [0, 0.1) is 10.1 Å². The van der Waals surface area contributed by atoms with E-state index in [1.807, 2.05) is 0 Å². The van der Waals surface area contributed by atoms with Crippen molar-refractivity contribution in [1.82, 2.24) is 0 Å². The number of thioether (sulfide) groups is 1. The second kappa shape index (κ2) is 7.58. The maximum Gasteiger partial charge on any atom is 0.338 e. The van der Waals surface area contributed by atoms with Crippen LogP contribution in [-0.2, 0) is 4.74 Å². The quantitative estimate of drug-likeness (QED) is 0.250. The van der Waals surface area contributed by atoms with Gasteiger partial charge in [-0.25, -0.2) is 4.79 Å². The van der Waals surface area contributed by atoms with Crippen LogP contribution in [0.1, 0.15) is 20.0 Å². The van der Waals surface area contributed by atoms with E-state index in [4.69, 9.17) is 16.3 Å². The minimum absolute atomic E-state index is 0.0199. The van der Waals surface area contributed by atoms with E-state index in [1.54, 1.807) is 18.4 Å². The molecular weight excluding hydrogens is 362 g/mol. The number of rotatable bonds is 6. The van der Waals surface area contributed by atoms with Gasteiger partial charge in [0.1, 0.15) is 0 Å². The van der Waals surface area contributed by atoms with Gasteiger partial charge in [-0.2, -0.15) is 0 Å². The van der Waals surface area contributed by atoms with Gasteiger partial charge in [0.05, 0.1) is 24.6 Å². The molecule has 0 saturated carbocycles. The molecule has 0 saturated heterocycles. The van der Waals surface area contributed by atoms with Gasteiger partial charge in [0.2, 0.25) is 5.78 Å². The molecule has 23 heavy (non-hydrogen) atoms. The lowest BCUT2D eigenvalue weighted by Crippen LogP contribution is -2.13. The highest BCUT2D eigenvalue weighted by Crippen LogP contribution is 2.28. The Balaban J connectivity index is 2.07. The summed E-state index contributed by atoms with van der Waals surface area (Å²) < 4.78 is 5.37. The van der Waals surface area contributed by atoms with Crippen LogP contribution < -0.4 is 0 Å². The number of Topliss-reactive ketones (excluding diaryl/α,β-unsaturated/α-hetero) is 1. The highest BCUT2D eigenvalue weighted by Gasteiger charge is 2.19. The SMILES string of the molecule is CSc1ccc(C(=O)OCC(=O)c2ccc(Cl)s2)cc1[N+](=O)[O-]. The van der Waals surface area contributed by atoms with E-state index in [0.29, 0.717) is 14.1 Å². The number of ether oxygens (including phenoxy) is 1. The van der Waals surface area contributed by atoms with Gasteiger partial charge in [-0.1, -0.05) is 11.6 Å². The van der Waals surface area contributed by atoms with E-state index in [9.17, 15) is 19.7 Å². The molecule has 1 aromatic heterocycles. The Labute approximate surface area is 144 Å². The number of nitro groups is 1. The predicted octanol–water partition coefficient (Wildman–Crippen LogP) is 4.07. The molecule has 9 heteroatoms. The number of benzene rings is 1. The molecule has 1 aromatic carbocycles. The van der Waals surface area contributed by atoms with Crippen LogP contribution in [0.2, 0.25) is 4.34 Å². The fourth-order valence-electron chi connectivity index (χ4n) is 1.71. The Morgan fingerprint density at radius 3 is 2.65 bits per heavy atom. The minimum Gasteiger partial charge on any atom is -0.454 e. The lowest BCUT2D eigenvalue weighted by atomic mass is 10.2. The summed E-state index contributed by atoms with van der Waals surface area (Å²) in [5.41, 5.74) is -0.158. The van der Waals surface area contributed by atoms with Gasteiger partial charge in [0.15, 0.2) is 6.61 Å². The van der Waals surface area contributed by atoms with E-state index < -0.39 is 17.5 Å². The van der Waals surface area contributed by atoms with Gasteiger partial charge in [0, 0.05) is 6.07 Å². The average molecular weight is 372 g/mol. The zero-order chi connectivity index (χ0) is 17.0. The first-order chi connectivity index (χ1) is 10.9. The molecule has 6 nitrogen and oxygen atoms in total. The molecular formula is C14H10ClNO5S2. The summed E-state index contributed by atoms with van der Waals surface area (Å²) in [4.78, 5) is 35.0. The van der Waals surface area contributed by atoms with E-state index in [-0.39, 0.29) is 17.0 Å². The Kier molecular flexibility index (Phi) is 5.75. The van der Waals surface area contributed by atoms with Crippen molar-refractivity contribution in [2.75, 3.05) is 12.9 Å². The molecule has 0 N–H and O–H groups in total. The topological polar surface area (TPSA) is 86.5 Å². The highest BCUT2D eigenvalue weighted by atomic mass is 35.5. The lowest BCUT2D eigenvalue weighted by Gasteiger charge is -2.05. The second-order valence-corrected chi connectivity index (χ2v) is 6.81. The molecule has 120 valence electrons. The van der Waals surface area contributed by atoms with Gasteiger partial charge in [-0.15, -0.1) is 23.1 Å². The summed E-state index contributed by atoms with van der Waals surface area (Å²) in [6, 6.07) is 7.15. The van der Waals surface area contributed by atoms with E-state index >= 15 is 0 Å². The number of hydrogen-bond acceptors (Lipinski definition) is 7. The maximum atomic E-state index is 11.9. The minimum atomic E-state index is -0.795. The number of halogens is 1. The summed E-state index contributed by atoms with van der Waals surface area (Å²) in [6.45, 7) is -0.451. The van der Waals surface area contributed by atoms with Crippen LogP contribution in [0.15, 0.2) is 35.2 Å². The van der Waals surface area contributed by atoms with E-state index in [1.165, 1.54) is 23.9 Å². The molecule has 0 unspecified atom stereocenters. The molecule has 0 aliphatic heterocycles. The van der Waals surface area contributed by atoms with Crippen molar-refractivity contribution in [1.29, 1.82) is 0 Å². The third-order valence-corrected chi connectivity index (χ3v) is 4.85. The standard InChI is InChI=1S/C14H10ClNO5S2/c1-22-11-3-2-8(6-9(11)16(19)20)14(18)21-7-10(17)12-4-5-13(15)23-12/h2-6H,7H2,1H3. The highest BCUT2D eigenvalue weighted by molar-refractivity contribution is 7.98. The van der Waals surface area contributed by atoms with Gasteiger partial charge in [-0.3, -0.25) is 14.9 Å². The summed E-state index contributed by atoms with van der Waals surface area (Å²) >= 11 is 8.02. The van der Waals surface area contributed by atoms with Crippen molar-refractivity contribution in [3.63, 3.8) is 0 Å². The van der Waals surface area contributed by atoms with Gasteiger partial charge < -0.3 is 4.74 Å². The number of hydrogen-bond donors (Lipinski definition) is 0. The number of carbonyl (C=O) groups excluding carboxylic acids is 2. The van der Waals surface area contributed by atoms with Crippen molar-refractivity contribution in [2.24, 2.45) is 0 Å². The van der Waals surface area contributed by atoms with Crippen molar-refractivity contribution in [3.8, 4) is 0 Å². The molecule has 1 heterocycles. The summed E-state index contributed by atoms with van der Waals surface area (Å²) in [5, 5.41) is 11.0. The Morgan fingerprint density at radius 2 is 2.09 bits per heavy atom. The van der Waals surface area contributed by atoms with Gasteiger partial charge >= 0.3 is 5.97 Å². The number of nitrogens with zero attached hydrogens (tertiary/aromatic N) is 1. The number of ketones is 1. The van der Waals surface area contributed by atoms with Gasteiger partial charge in [-0.05, 0) is 30.5 Å². The molecule has 0 fully saturated rings. The lowest BCUT2D eigenvalue weighted by molar-refractivity contribution is -0.387. The van der Waals surface area contributed by atoms with Crippen molar-refractivity contribution in [2.45, 2.75) is 4.90 Å². The Morgan fingerprint density at radius 1 is 1.35 bits per heavy atom. The van der Waals surface area contributed by atoms with Crippen molar-refractivity contribution >= 4 is 52.1 Å². The number of carbonyl (C=O) groups is 2. The molecule has 0 amide bonds. The van der Waals surface area contributed by atoms with Crippen molar-refractivity contribution in [3.05, 3.63) is 55.2 Å². The van der Waals surface area contributed by atoms with E-state index in [0.717, 1.165) is 17.4 Å². The average Bonchev–Trinajstić information content (AvgIpc) is 2.98. The maximum absolute atomic E-state index is 11.9. The monoisotopic (exact) mass is 371 g/mol. The number of nitro benzene ring substituents is 1. The van der Waals surface area contributed by atoms with Crippen LogP contribution in [0.3, 0.4) is 0 Å². The summed E-state index contributed by atoms with van der Waals surface area (Å²) in [5.74, 6) is -1.18. The molecule has 0 atom stereocenters. The number of esters is 1. The summed E-state index contributed by atoms with van der Waals surface area (Å²) in [7, 11) is 0. The third-order valence-electron chi connectivity index (χ3n) is 2.79. The first-order valence-electron chi connectivity index (χ1n) is 6.20. The molecule has 0 radical (unpaired) electrons. The fourth-order valence-corrected chi connectivity index (χ4v) is 3.22. The molecule has 2 rings (SSSR count). The van der Waals surface area contributed by atoms with Crippen LogP contribution in [-0.4, -0.2) is 29.5 Å². The van der Waals surface area contributed by atoms with Crippen LogP contribution in [0.25, 0.3) is 0 Å². The molecule has 2 aromatic rings. The Hall–Kier alpha value is -1.90. The Bertz CT molecular complexity index is 774. The molecule has 0 aliphatic carbocycles. The first-order valence-corrected chi connectivity index (χ1v) is 8.62. The predicted molar refractivity (Wildman–Crippen MR) is 88.8 cm³/mol. The largest absolute Gasteiger partial charge is 0.454 e. The normalized spacial score (nSPS) is 10.3. The van der Waals surface area contributed by atoms with E-state index in [2.05, 4.69) is 0 Å². The first kappa shape index (κ1) is 17.5. The fraction of sp³-hybridized carbons (Fsp3) is 0.143. The zero-order valence-corrected chi connectivity index (χ0v) is 14.2. The number of thiophene rings is 1. The third kappa shape index (κ3) is 4.31.